The third-order valence-corrected chi connectivity index (χ3v) is 4.09. The van der Waals surface area contributed by atoms with Crippen molar-refractivity contribution in [2.45, 2.75) is 6.92 Å². The van der Waals surface area contributed by atoms with Crippen molar-refractivity contribution in [2.75, 3.05) is 12.0 Å². The first-order valence-corrected chi connectivity index (χ1v) is 9.48. The van der Waals surface area contributed by atoms with Crippen LogP contribution in [-0.2, 0) is 9.53 Å². The van der Waals surface area contributed by atoms with Crippen LogP contribution in [0.5, 0.6) is 0 Å². The minimum Gasteiger partial charge on any atom is -0.450 e. The van der Waals surface area contributed by atoms with Crippen molar-refractivity contribution in [1.82, 2.24) is 35.7 Å². The Bertz CT molecular complexity index is 1520. The number of alkyl carbamates (subject to hydrolysis) is 1. The lowest BCUT2D eigenvalue weighted by Gasteiger charge is -2.12. The van der Waals surface area contributed by atoms with E-state index in [1.807, 2.05) is 20.2 Å². The molecule has 0 fully saturated rings. The summed E-state index contributed by atoms with van der Waals surface area (Å²) >= 11 is 0. The van der Waals surface area contributed by atoms with Crippen molar-refractivity contribution in [1.29, 1.82) is 5.26 Å². The van der Waals surface area contributed by atoms with Crippen molar-refractivity contribution < 1.29 is 14.3 Å². The van der Waals surface area contributed by atoms with E-state index in [9.17, 15) is 34.0 Å². The molecule has 35 heavy (non-hydrogen) atoms. The van der Waals surface area contributed by atoms with Gasteiger partial charge in [-0.1, -0.05) is 18.2 Å². The highest BCUT2D eigenvalue weighted by Crippen LogP contribution is 2.32. The van der Waals surface area contributed by atoms with E-state index in [-0.39, 0.29) is 34.8 Å². The molecule has 0 bridgehead atoms. The van der Waals surface area contributed by atoms with E-state index in [1.165, 1.54) is 31.2 Å². The van der Waals surface area contributed by atoms with Gasteiger partial charge in [-0.05, 0) is 6.92 Å². The van der Waals surface area contributed by atoms with Gasteiger partial charge in [0.2, 0.25) is 5.71 Å². The third kappa shape index (κ3) is 5.40. The molecule has 1 aromatic carbocycles. The Morgan fingerprint density at radius 1 is 1.03 bits per heavy atom. The van der Waals surface area contributed by atoms with Crippen LogP contribution in [-0.4, -0.2) is 54.7 Å². The second kappa shape index (κ2) is 10.3. The molecular weight excluding hydrogens is 468 g/mol. The van der Waals surface area contributed by atoms with E-state index in [0.717, 1.165) is 0 Å². The van der Waals surface area contributed by atoms with Gasteiger partial charge in [0.15, 0.2) is 11.4 Å². The zero-order chi connectivity index (χ0) is 25.5. The summed E-state index contributed by atoms with van der Waals surface area (Å²) in [4.78, 5) is 75.0. The summed E-state index contributed by atoms with van der Waals surface area (Å²) in [5.74, 6) is -1.21. The first kappa shape index (κ1) is 24.0. The van der Waals surface area contributed by atoms with Crippen LogP contribution >= 0.6 is 0 Å². The smallest absolute Gasteiger partial charge is 0.414 e. The molecule has 0 aliphatic rings. The first-order chi connectivity index (χ1) is 16.7. The number of aromatic nitrogens is 6. The molecule has 3 rings (SSSR count). The maximum absolute atomic E-state index is 12.3. The molecule has 2 heterocycles. The molecule has 17 heteroatoms. The topological polar surface area (TPSA) is 261 Å². The van der Waals surface area contributed by atoms with Crippen LogP contribution in [0.4, 0.5) is 10.5 Å². The summed E-state index contributed by atoms with van der Waals surface area (Å²) < 4.78 is 4.56. The van der Waals surface area contributed by atoms with Crippen LogP contribution in [0.2, 0.25) is 0 Å². The predicted molar refractivity (Wildman–Crippen MR) is 117 cm³/mol. The molecule has 0 atom stereocenters. The summed E-state index contributed by atoms with van der Waals surface area (Å²) in [6.07, 6.45) is -1.12. The fourth-order valence-corrected chi connectivity index (χ4v) is 2.69. The van der Waals surface area contributed by atoms with E-state index in [0.29, 0.717) is 0 Å². The van der Waals surface area contributed by atoms with E-state index in [1.54, 1.807) is 5.32 Å². The number of carbonyl (C=O) groups is 2. The molecule has 0 saturated carbocycles. The predicted octanol–water partition coefficient (Wildman–Crippen LogP) is -1.87. The number of H-pyrrole nitrogens is 4. The van der Waals surface area contributed by atoms with E-state index < -0.39 is 40.2 Å². The highest BCUT2D eigenvalue weighted by molar-refractivity contribution is 6.46. The van der Waals surface area contributed by atoms with Crippen LogP contribution in [0.15, 0.2) is 42.5 Å². The number of carbonyl (C=O) groups excluding carboxylic acids is 2. The van der Waals surface area contributed by atoms with Crippen molar-refractivity contribution in [3.8, 4) is 28.6 Å². The molecule has 6 N–H and O–H groups in total. The number of amides is 2. The summed E-state index contributed by atoms with van der Waals surface area (Å²) in [5.41, 5.74) is -2.97. The maximum Gasteiger partial charge on any atom is 0.414 e. The van der Waals surface area contributed by atoms with Gasteiger partial charge in [-0.25, -0.2) is 24.6 Å². The molecule has 0 radical (unpaired) electrons. The van der Waals surface area contributed by atoms with Gasteiger partial charge in [0.25, 0.3) is 17.0 Å². The Labute approximate surface area is 191 Å². The van der Waals surface area contributed by atoms with Crippen LogP contribution < -0.4 is 33.2 Å². The van der Waals surface area contributed by atoms with Crippen molar-refractivity contribution in [2.24, 2.45) is 5.10 Å². The van der Waals surface area contributed by atoms with Gasteiger partial charge in [0.05, 0.1) is 12.3 Å². The molecular formula is C18H14N10O7. The van der Waals surface area contributed by atoms with E-state index in [2.05, 4.69) is 25.5 Å². The Kier molecular flexibility index (Phi) is 7.06. The number of nitrogens with one attached hydrogen (secondary N) is 6. The Hall–Kier alpha value is -5.66. The number of hydrogen-bond donors (Lipinski definition) is 6. The lowest BCUT2D eigenvalue weighted by atomic mass is 10.0. The number of hydrogen-bond acceptors (Lipinski definition) is 12. The van der Waals surface area contributed by atoms with Crippen LogP contribution in [0.25, 0.3) is 22.5 Å². The molecule has 2 aromatic heterocycles. The lowest BCUT2D eigenvalue weighted by Crippen LogP contribution is -2.36. The molecule has 178 valence electrons. The monoisotopic (exact) mass is 482 g/mol. The minimum absolute atomic E-state index is 0.0332. The summed E-state index contributed by atoms with van der Waals surface area (Å²) in [6, 6.07) is 5.58. The number of nitrogens with zero attached hydrogens (tertiary/aromatic N) is 4. The normalized spacial score (nSPS) is 10.8. The van der Waals surface area contributed by atoms with Crippen LogP contribution in [0, 0.1) is 11.3 Å². The summed E-state index contributed by atoms with van der Waals surface area (Å²) in [7, 11) is 0. The fraction of sp³-hybridized carbons (Fsp3) is 0.111. The average Bonchev–Trinajstić information content (AvgIpc) is 2.80. The Morgan fingerprint density at radius 2 is 1.57 bits per heavy atom. The zero-order valence-electron chi connectivity index (χ0n) is 17.6. The number of para-hydroxylation sites is 1. The van der Waals surface area contributed by atoms with Crippen LogP contribution in [0.3, 0.4) is 0 Å². The van der Waals surface area contributed by atoms with Gasteiger partial charge >= 0.3 is 17.5 Å². The van der Waals surface area contributed by atoms with Gasteiger partial charge in [-0.2, -0.15) is 20.6 Å². The molecule has 0 unspecified atom stereocenters. The van der Waals surface area contributed by atoms with Crippen molar-refractivity contribution in [3.05, 3.63) is 59.9 Å². The van der Waals surface area contributed by atoms with Gasteiger partial charge in [-0.15, -0.1) is 0 Å². The number of imide groups is 1. The van der Waals surface area contributed by atoms with Gasteiger partial charge in [-0.3, -0.25) is 35.1 Å². The average molecular weight is 482 g/mol. The largest absolute Gasteiger partial charge is 0.450 e. The first-order valence-electron chi connectivity index (χ1n) is 9.48. The molecule has 0 aliphatic heterocycles. The number of aromatic amines is 4. The molecule has 2 amide bonds. The summed E-state index contributed by atoms with van der Waals surface area (Å²) in [6.45, 7) is 1.47. The van der Waals surface area contributed by atoms with E-state index >= 15 is 0 Å². The lowest BCUT2D eigenvalue weighted by molar-refractivity contribution is -0.114. The number of hydrazone groups is 1. The number of benzene rings is 1. The highest BCUT2D eigenvalue weighted by Gasteiger charge is 2.20. The fourth-order valence-electron chi connectivity index (χ4n) is 2.69. The Morgan fingerprint density at radius 3 is 2.03 bits per heavy atom. The SMILES string of the molecule is CCOC(=O)NC(=O)/C(C#N)=N/Nc1c(-c2n[nH]c(=O)[nH]c2=O)cccc1-c1n[nH]c(=O)[nH]c1=O. The minimum atomic E-state index is -1.21. The molecule has 3 aromatic rings. The number of ether oxygens (including phenoxy) is 1. The molecule has 0 saturated heterocycles. The second-order valence-corrected chi connectivity index (χ2v) is 6.30. The third-order valence-electron chi connectivity index (χ3n) is 4.09. The number of nitriles is 1. The molecule has 17 nitrogen and oxygen atoms in total. The summed E-state index contributed by atoms with van der Waals surface area (Å²) in [5, 5.41) is 26.2. The molecule has 0 spiro atoms. The molecule has 0 aliphatic carbocycles. The zero-order valence-corrected chi connectivity index (χ0v) is 17.6. The van der Waals surface area contributed by atoms with E-state index in [4.69, 9.17) is 0 Å². The highest BCUT2D eigenvalue weighted by atomic mass is 16.5. The van der Waals surface area contributed by atoms with Crippen molar-refractivity contribution in [3.63, 3.8) is 0 Å². The van der Waals surface area contributed by atoms with Gasteiger partial charge < -0.3 is 4.74 Å². The maximum atomic E-state index is 12.3. The Balaban J connectivity index is 2.18. The number of rotatable bonds is 6. The quantitative estimate of drug-likeness (QED) is 0.167. The van der Waals surface area contributed by atoms with Crippen LogP contribution in [0.1, 0.15) is 6.92 Å². The van der Waals surface area contributed by atoms with Crippen molar-refractivity contribution >= 4 is 23.4 Å². The van der Waals surface area contributed by atoms with Gasteiger partial charge in [0.1, 0.15) is 6.07 Å². The standard InChI is InChI=1S/C18H14N10O7/c1-2-35-18(34)22-13(29)9(6-19)23-24-10-7(11-14(30)20-16(32)27-25-11)4-3-5-8(10)12-15(31)21-17(33)28-26-12/h3-5,24H,2H2,1H3,(H,22,29,34)(H2,20,27,30,32)(H2,21,28,31,33)/b23-9+. The number of anilines is 1. The second-order valence-electron chi connectivity index (χ2n) is 6.30. The van der Waals surface area contributed by atoms with Gasteiger partial charge in [0, 0.05) is 11.1 Å².